The predicted octanol–water partition coefficient (Wildman–Crippen LogP) is 3.33. The number of anilines is 1. The highest BCUT2D eigenvalue weighted by molar-refractivity contribution is 7.12. The maximum atomic E-state index is 12.8. The zero-order chi connectivity index (χ0) is 17.6. The van der Waals surface area contributed by atoms with Gasteiger partial charge in [0.1, 0.15) is 0 Å². The first-order valence-electron chi connectivity index (χ1n) is 8.03. The molecule has 0 saturated carbocycles. The largest absolute Gasteiger partial charge is 0.385 e. The van der Waals surface area contributed by atoms with E-state index in [1.165, 1.54) is 0 Å². The second-order valence-electron chi connectivity index (χ2n) is 5.54. The molecule has 1 N–H and O–H groups in total. The molecule has 0 radical (unpaired) electrons. The summed E-state index contributed by atoms with van der Waals surface area (Å²) >= 11 is 1.62. The fraction of sp³-hybridized carbons (Fsp3) is 0.278. The Labute approximate surface area is 149 Å². The van der Waals surface area contributed by atoms with E-state index in [0.29, 0.717) is 30.0 Å². The SMILES string of the molecule is COCCCn1c(N/N=C(/C)c2cccs2)nc2ccccc2c1=O. The van der Waals surface area contributed by atoms with Gasteiger partial charge in [0.2, 0.25) is 5.95 Å². The van der Waals surface area contributed by atoms with Crippen molar-refractivity contribution in [1.82, 2.24) is 9.55 Å². The summed E-state index contributed by atoms with van der Waals surface area (Å²) in [5, 5.41) is 7.00. The molecular formula is C18H20N4O2S. The van der Waals surface area contributed by atoms with Crippen LogP contribution < -0.4 is 11.0 Å². The van der Waals surface area contributed by atoms with Crippen molar-refractivity contribution < 1.29 is 4.74 Å². The van der Waals surface area contributed by atoms with Crippen LogP contribution in [-0.2, 0) is 11.3 Å². The standard InChI is InChI=1S/C18H20N4O2S/c1-13(16-9-5-12-25-16)20-21-18-19-15-8-4-3-7-14(15)17(23)22(18)10-6-11-24-2/h3-5,7-9,12H,6,10-11H2,1-2H3,(H,19,21)/b20-13-. The summed E-state index contributed by atoms with van der Waals surface area (Å²) in [5.74, 6) is 0.440. The number of thiophene rings is 1. The predicted molar refractivity (Wildman–Crippen MR) is 103 cm³/mol. The maximum absolute atomic E-state index is 12.8. The number of nitrogens with one attached hydrogen (secondary N) is 1. The molecule has 0 aliphatic heterocycles. The van der Waals surface area contributed by atoms with Crippen LogP contribution in [0.2, 0.25) is 0 Å². The first-order valence-corrected chi connectivity index (χ1v) is 8.91. The number of hydrazone groups is 1. The third kappa shape index (κ3) is 3.94. The number of aromatic nitrogens is 2. The van der Waals surface area contributed by atoms with Crippen LogP contribution in [0.4, 0.5) is 5.95 Å². The van der Waals surface area contributed by atoms with Gasteiger partial charge >= 0.3 is 0 Å². The van der Waals surface area contributed by atoms with Gasteiger partial charge in [-0.05, 0) is 36.9 Å². The first-order chi connectivity index (χ1) is 12.2. The minimum Gasteiger partial charge on any atom is -0.385 e. The Bertz CT molecular complexity index is 932. The lowest BCUT2D eigenvalue weighted by Gasteiger charge is -2.13. The van der Waals surface area contributed by atoms with Gasteiger partial charge in [-0.25, -0.2) is 10.4 Å². The lowest BCUT2D eigenvalue weighted by atomic mass is 10.2. The Morgan fingerprint density at radius 3 is 2.92 bits per heavy atom. The third-order valence-corrected chi connectivity index (χ3v) is 4.77. The molecule has 3 rings (SSSR count). The lowest BCUT2D eigenvalue weighted by molar-refractivity contribution is 0.190. The van der Waals surface area contributed by atoms with Crippen LogP contribution in [0, 0.1) is 0 Å². The zero-order valence-corrected chi connectivity index (χ0v) is 15.0. The zero-order valence-electron chi connectivity index (χ0n) is 14.2. The van der Waals surface area contributed by atoms with Gasteiger partial charge in [-0.3, -0.25) is 9.36 Å². The van der Waals surface area contributed by atoms with Crippen molar-refractivity contribution in [3.63, 3.8) is 0 Å². The number of ether oxygens (including phenoxy) is 1. The molecule has 25 heavy (non-hydrogen) atoms. The van der Waals surface area contributed by atoms with Crippen molar-refractivity contribution in [3.8, 4) is 0 Å². The van der Waals surface area contributed by atoms with E-state index in [4.69, 9.17) is 4.74 Å². The van der Waals surface area contributed by atoms with E-state index in [-0.39, 0.29) is 5.56 Å². The van der Waals surface area contributed by atoms with E-state index in [0.717, 1.165) is 17.0 Å². The van der Waals surface area contributed by atoms with Crippen LogP contribution >= 0.6 is 11.3 Å². The molecule has 1 aromatic carbocycles. The molecule has 6 nitrogen and oxygen atoms in total. The van der Waals surface area contributed by atoms with Crippen LogP contribution in [0.25, 0.3) is 10.9 Å². The summed E-state index contributed by atoms with van der Waals surface area (Å²) in [6.07, 6.45) is 0.721. The number of nitrogens with zero attached hydrogens (tertiary/aromatic N) is 3. The Hall–Kier alpha value is -2.51. The summed E-state index contributed by atoms with van der Waals surface area (Å²) in [6, 6.07) is 11.3. The Morgan fingerprint density at radius 1 is 1.32 bits per heavy atom. The molecule has 0 atom stereocenters. The van der Waals surface area contributed by atoms with E-state index in [9.17, 15) is 4.79 Å². The summed E-state index contributed by atoms with van der Waals surface area (Å²) in [5.41, 5.74) is 4.39. The highest BCUT2D eigenvalue weighted by Gasteiger charge is 2.10. The van der Waals surface area contributed by atoms with Gasteiger partial charge in [0.25, 0.3) is 5.56 Å². The molecule has 7 heteroatoms. The van der Waals surface area contributed by atoms with Gasteiger partial charge in [-0.1, -0.05) is 18.2 Å². The van der Waals surface area contributed by atoms with Crippen molar-refractivity contribution >= 4 is 33.9 Å². The minimum absolute atomic E-state index is 0.0758. The van der Waals surface area contributed by atoms with E-state index >= 15 is 0 Å². The number of fused-ring (bicyclic) bond motifs is 1. The third-order valence-electron chi connectivity index (χ3n) is 3.79. The van der Waals surface area contributed by atoms with Gasteiger partial charge in [-0.15, -0.1) is 11.3 Å². The van der Waals surface area contributed by atoms with Gasteiger partial charge in [0.05, 0.1) is 16.6 Å². The van der Waals surface area contributed by atoms with Crippen molar-refractivity contribution in [2.45, 2.75) is 19.9 Å². The summed E-state index contributed by atoms with van der Waals surface area (Å²) in [6.45, 7) is 3.02. The maximum Gasteiger partial charge on any atom is 0.262 e. The Morgan fingerprint density at radius 2 is 2.16 bits per heavy atom. The van der Waals surface area contributed by atoms with Crippen LogP contribution in [0.3, 0.4) is 0 Å². The van der Waals surface area contributed by atoms with E-state index in [1.807, 2.05) is 42.6 Å². The Kier molecular flexibility index (Phi) is 5.57. The van der Waals surface area contributed by atoms with Crippen molar-refractivity contribution in [1.29, 1.82) is 0 Å². The molecular weight excluding hydrogens is 336 g/mol. The van der Waals surface area contributed by atoms with Crippen molar-refractivity contribution in [3.05, 3.63) is 57.0 Å². The van der Waals surface area contributed by atoms with Crippen LogP contribution in [-0.4, -0.2) is 29.0 Å². The fourth-order valence-electron chi connectivity index (χ4n) is 2.50. The quantitative estimate of drug-likeness (QED) is 0.400. The van der Waals surface area contributed by atoms with Gasteiger partial charge in [0, 0.05) is 25.1 Å². The van der Waals surface area contributed by atoms with Crippen LogP contribution in [0.1, 0.15) is 18.2 Å². The molecule has 2 heterocycles. The number of benzene rings is 1. The summed E-state index contributed by atoms with van der Waals surface area (Å²) < 4.78 is 6.71. The van der Waals surface area contributed by atoms with E-state index in [2.05, 4.69) is 15.5 Å². The molecule has 0 amide bonds. The van der Waals surface area contributed by atoms with E-state index in [1.54, 1.807) is 29.1 Å². The minimum atomic E-state index is -0.0758. The number of rotatable bonds is 7. The summed E-state index contributed by atoms with van der Waals surface area (Å²) in [4.78, 5) is 18.5. The molecule has 0 spiro atoms. The molecule has 2 aromatic heterocycles. The second kappa shape index (κ2) is 8.04. The van der Waals surface area contributed by atoms with Crippen molar-refractivity contribution in [2.75, 3.05) is 19.1 Å². The van der Waals surface area contributed by atoms with Crippen LogP contribution in [0.15, 0.2) is 51.7 Å². The highest BCUT2D eigenvalue weighted by atomic mass is 32.1. The second-order valence-corrected chi connectivity index (χ2v) is 6.49. The highest BCUT2D eigenvalue weighted by Crippen LogP contribution is 2.13. The average molecular weight is 356 g/mol. The van der Waals surface area contributed by atoms with Gasteiger partial charge in [0.15, 0.2) is 0 Å². The topological polar surface area (TPSA) is 68.5 Å². The molecule has 130 valence electrons. The number of para-hydroxylation sites is 1. The van der Waals surface area contributed by atoms with E-state index < -0.39 is 0 Å². The molecule has 3 aromatic rings. The number of hydrogen-bond donors (Lipinski definition) is 1. The molecule has 0 unspecified atom stereocenters. The fourth-order valence-corrected chi connectivity index (χ4v) is 3.18. The summed E-state index contributed by atoms with van der Waals surface area (Å²) in [7, 11) is 1.65. The van der Waals surface area contributed by atoms with Gasteiger partial charge in [-0.2, -0.15) is 5.10 Å². The Balaban J connectivity index is 1.98. The molecule has 0 saturated heterocycles. The molecule has 0 fully saturated rings. The lowest BCUT2D eigenvalue weighted by Crippen LogP contribution is -2.25. The smallest absolute Gasteiger partial charge is 0.262 e. The number of hydrogen-bond acceptors (Lipinski definition) is 6. The number of methoxy groups -OCH3 is 1. The first kappa shape index (κ1) is 17.3. The van der Waals surface area contributed by atoms with Gasteiger partial charge < -0.3 is 4.74 Å². The van der Waals surface area contributed by atoms with Crippen LogP contribution in [0.5, 0.6) is 0 Å². The normalized spacial score (nSPS) is 11.8. The average Bonchev–Trinajstić information content (AvgIpc) is 3.17. The monoisotopic (exact) mass is 356 g/mol. The molecule has 0 aliphatic carbocycles. The molecule has 0 aliphatic rings. The molecule has 0 bridgehead atoms. The van der Waals surface area contributed by atoms with Crippen molar-refractivity contribution in [2.24, 2.45) is 5.10 Å².